The number of alkyl halides is 3. The topological polar surface area (TPSA) is 58.6 Å². The van der Waals surface area contributed by atoms with Crippen LogP contribution in [0.4, 0.5) is 18.0 Å². The lowest BCUT2D eigenvalue weighted by Gasteiger charge is -2.17. The largest absolute Gasteiger partial charge is 0.459 e. The van der Waals surface area contributed by atoms with Crippen LogP contribution in [-0.4, -0.2) is 43.2 Å². The number of carbonyl (C=O) groups is 2. The molecule has 8 heteroatoms. The summed E-state index contributed by atoms with van der Waals surface area (Å²) in [6, 6.07) is 8.21. The first-order chi connectivity index (χ1) is 10.3. The molecule has 1 aromatic carbocycles. The summed E-state index contributed by atoms with van der Waals surface area (Å²) in [5.41, 5.74) is 0.799. The summed E-state index contributed by atoms with van der Waals surface area (Å²) in [5, 5.41) is 2.08. The minimum Gasteiger partial charge on any atom is -0.459 e. The van der Waals surface area contributed by atoms with Gasteiger partial charge in [-0.25, -0.2) is 4.79 Å². The highest BCUT2D eigenvalue weighted by molar-refractivity contribution is 5.80. The quantitative estimate of drug-likeness (QED) is 0.819. The van der Waals surface area contributed by atoms with Gasteiger partial charge in [0.05, 0.1) is 6.42 Å². The molecule has 1 aromatic rings. The number of nitrogens with zero attached hydrogens (tertiary/aromatic N) is 1. The van der Waals surface area contributed by atoms with Gasteiger partial charge in [0.25, 0.3) is 0 Å². The molecule has 0 bridgehead atoms. The molecule has 0 radical (unpaired) electrons. The highest BCUT2D eigenvalue weighted by Gasteiger charge is 2.26. The van der Waals surface area contributed by atoms with Crippen LogP contribution in [0.15, 0.2) is 30.3 Å². The Balaban J connectivity index is 2.26. The number of ether oxygens (including phenoxy) is 1. The highest BCUT2D eigenvalue weighted by atomic mass is 19.4. The monoisotopic (exact) mass is 318 g/mol. The standard InChI is InChI=1S/C14H17F3N2O3/c1-19(13(21)18-8-7-14(15,16)17)9-12(20)22-10-11-5-3-2-4-6-11/h2-6H,7-10H2,1H3,(H,18,21). The number of esters is 1. The molecule has 122 valence electrons. The molecule has 0 aliphatic carbocycles. The molecule has 0 spiro atoms. The molecule has 1 rings (SSSR count). The third kappa shape index (κ3) is 7.51. The van der Waals surface area contributed by atoms with Gasteiger partial charge in [0.2, 0.25) is 0 Å². The summed E-state index contributed by atoms with van der Waals surface area (Å²) in [6.07, 6.45) is -5.45. The number of nitrogens with one attached hydrogen (secondary N) is 1. The first-order valence-electron chi connectivity index (χ1n) is 6.53. The van der Waals surface area contributed by atoms with Gasteiger partial charge in [-0.2, -0.15) is 13.2 Å². The van der Waals surface area contributed by atoms with Crippen LogP contribution in [0.3, 0.4) is 0 Å². The molecular weight excluding hydrogens is 301 g/mol. The van der Waals surface area contributed by atoms with Crippen molar-refractivity contribution in [3.05, 3.63) is 35.9 Å². The van der Waals surface area contributed by atoms with Crippen LogP contribution < -0.4 is 5.32 Å². The van der Waals surface area contributed by atoms with E-state index in [1.807, 2.05) is 6.07 Å². The number of amides is 2. The third-order valence-electron chi connectivity index (χ3n) is 2.64. The minimum atomic E-state index is -4.33. The zero-order valence-electron chi connectivity index (χ0n) is 12.0. The Bertz CT molecular complexity index is 492. The Morgan fingerprint density at radius 3 is 2.45 bits per heavy atom. The van der Waals surface area contributed by atoms with Gasteiger partial charge in [-0.05, 0) is 5.56 Å². The Kier molecular flexibility index (Phi) is 6.68. The lowest BCUT2D eigenvalue weighted by molar-refractivity contribution is -0.145. The zero-order chi connectivity index (χ0) is 16.6. The molecule has 22 heavy (non-hydrogen) atoms. The van der Waals surface area contributed by atoms with Crippen molar-refractivity contribution in [2.75, 3.05) is 20.1 Å². The summed E-state index contributed by atoms with van der Waals surface area (Å²) >= 11 is 0. The molecule has 0 aromatic heterocycles. The summed E-state index contributed by atoms with van der Waals surface area (Å²) in [7, 11) is 1.30. The van der Waals surface area contributed by atoms with E-state index in [-0.39, 0.29) is 13.2 Å². The van der Waals surface area contributed by atoms with E-state index in [9.17, 15) is 22.8 Å². The number of urea groups is 1. The van der Waals surface area contributed by atoms with E-state index in [0.29, 0.717) is 0 Å². The van der Waals surface area contributed by atoms with Gasteiger partial charge in [-0.1, -0.05) is 30.3 Å². The van der Waals surface area contributed by atoms with Gasteiger partial charge in [-0.3, -0.25) is 4.79 Å². The van der Waals surface area contributed by atoms with Crippen molar-refractivity contribution in [3.8, 4) is 0 Å². The minimum absolute atomic E-state index is 0.0726. The lowest BCUT2D eigenvalue weighted by atomic mass is 10.2. The molecule has 0 atom stereocenters. The summed E-state index contributed by atoms with van der Waals surface area (Å²) in [6.45, 7) is -0.806. The van der Waals surface area contributed by atoms with Gasteiger partial charge in [0, 0.05) is 13.6 Å². The molecule has 2 amide bonds. The van der Waals surface area contributed by atoms with E-state index in [2.05, 4.69) is 5.32 Å². The number of likely N-dealkylation sites (N-methyl/N-ethyl adjacent to an activating group) is 1. The predicted octanol–water partition coefficient (Wildman–Crippen LogP) is 2.32. The lowest BCUT2D eigenvalue weighted by Crippen LogP contribution is -2.41. The number of halogens is 3. The second-order valence-electron chi connectivity index (χ2n) is 4.60. The average Bonchev–Trinajstić information content (AvgIpc) is 2.44. The number of benzene rings is 1. The van der Waals surface area contributed by atoms with Crippen molar-refractivity contribution in [1.82, 2.24) is 10.2 Å². The Labute approximate surface area is 126 Å². The smallest absolute Gasteiger partial charge is 0.390 e. The Hall–Kier alpha value is -2.25. The van der Waals surface area contributed by atoms with Crippen LogP contribution >= 0.6 is 0 Å². The van der Waals surface area contributed by atoms with Gasteiger partial charge < -0.3 is 15.0 Å². The van der Waals surface area contributed by atoms with Crippen LogP contribution in [-0.2, 0) is 16.1 Å². The maximum Gasteiger partial charge on any atom is 0.390 e. The maximum atomic E-state index is 11.9. The van der Waals surface area contributed by atoms with Crippen molar-refractivity contribution >= 4 is 12.0 Å². The Morgan fingerprint density at radius 2 is 1.86 bits per heavy atom. The molecule has 0 heterocycles. The fraction of sp³-hybridized carbons (Fsp3) is 0.429. The second-order valence-corrected chi connectivity index (χ2v) is 4.60. The fourth-order valence-corrected chi connectivity index (χ4v) is 1.50. The molecule has 0 saturated carbocycles. The van der Waals surface area contributed by atoms with Crippen LogP contribution in [0.2, 0.25) is 0 Å². The van der Waals surface area contributed by atoms with Crippen molar-refractivity contribution in [1.29, 1.82) is 0 Å². The van der Waals surface area contributed by atoms with E-state index >= 15 is 0 Å². The summed E-state index contributed by atoms with van der Waals surface area (Å²) in [5.74, 6) is -0.641. The third-order valence-corrected chi connectivity index (χ3v) is 2.64. The summed E-state index contributed by atoms with van der Waals surface area (Å²) < 4.78 is 40.8. The van der Waals surface area contributed by atoms with E-state index in [1.165, 1.54) is 7.05 Å². The van der Waals surface area contributed by atoms with E-state index in [1.54, 1.807) is 24.3 Å². The molecule has 5 nitrogen and oxygen atoms in total. The molecule has 0 aliphatic heterocycles. The average molecular weight is 318 g/mol. The van der Waals surface area contributed by atoms with Crippen LogP contribution in [0, 0.1) is 0 Å². The van der Waals surface area contributed by atoms with Gasteiger partial charge in [-0.15, -0.1) is 0 Å². The van der Waals surface area contributed by atoms with Crippen molar-refractivity contribution < 1.29 is 27.5 Å². The maximum absolute atomic E-state index is 11.9. The van der Waals surface area contributed by atoms with Gasteiger partial charge in [0.15, 0.2) is 0 Å². The zero-order valence-corrected chi connectivity index (χ0v) is 12.0. The van der Waals surface area contributed by atoms with E-state index in [4.69, 9.17) is 4.74 Å². The first kappa shape index (κ1) is 17.8. The van der Waals surface area contributed by atoms with Crippen molar-refractivity contribution in [2.45, 2.75) is 19.2 Å². The molecule has 1 N–H and O–H groups in total. The molecular formula is C14H17F3N2O3. The molecule has 0 fully saturated rings. The van der Waals surface area contributed by atoms with Crippen molar-refractivity contribution in [2.24, 2.45) is 0 Å². The van der Waals surface area contributed by atoms with E-state index < -0.39 is 31.1 Å². The number of rotatable bonds is 6. The SMILES string of the molecule is CN(CC(=O)OCc1ccccc1)C(=O)NCCC(F)(F)F. The highest BCUT2D eigenvalue weighted by Crippen LogP contribution is 2.18. The normalized spacial score (nSPS) is 10.9. The molecule has 0 saturated heterocycles. The number of hydrogen-bond donors (Lipinski definition) is 1. The van der Waals surface area contributed by atoms with Crippen LogP contribution in [0.25, 0.3) is 0 Å². The molecule has 0 unspecified atom stereocenters. The predicted molar refractivity (Wildman–Crippen MR) is 72.9 cm³/mol. The number of carbonyl (C=O) groups excluding carboxylic acids is 2. The summed E-state index contributed by atoms with van der Waals surface area (Å²) in [4.78, 5) is 24.0. The fourth-order valence-electron chi connectivity index (χ4n) is 1.50. The second kappa shape index (κ2) is 8.26. The molecule has 0 aliphatic rings. The van der Waals surface area contributed by atoms with Crippen LogP contribution in [0.1, 0.15) is 12.0 Å². The Morgan fingerprint density at radius 1 is 1.23 bits per heavy atom. The number of hydrogen-bond acceptors (Lipinski definition) is 3. The van der Waals surface area contributed by atoms with Gasteiger partial charge in [0.1, 0.15) is 13.2 Å². The van der Waals surface area contributed by atoms with Crippen molar-refractivity contribution in [3.63, 3.8) is 0 Å². The van der Waals surface area contributed by atoms with Crippen LogP contribution in [0.5, 0.6) is 0 Å². The van der Waals surface area contributed by atoms with Gasteiger partial charge >= 0.3 is 18.2 Å². The van der Waals surface area contributed by atoms with E-state index in [0.717, 1.165) is 10.5 Å². The first-order valence-corrected chi connectivity index (χ1v) is 6.53.